The van der Waals surface area contributed by atoms with Gasteiger partial charge in [0.15, 0.2) is 5.82 Å². The number of β-amino-alcohol motifs (C(OH)–C–C–N with tert-alkyl or cyclic N) is 1. The van der Waals surface area contributed by atoms with Crippen LogP contribution in [0.4, 0.5) is 8.78 Å². The van der Waals surface area contributed by atoms with Crippen molar-refractivity contribution in [2.24, 2.45) is 0 Å². The Bertz CT molecular complexity index is 1470. The molecule has 0 radical (unpaired) electrons. The largest absolute Gasteiger partial charge is 0.493 e. The first kappa shape index (κ1) is 24.7. The zero-order chi connectivity index (χ0) is 26.4. The van der Waals surface area contributed by atoms with E-state index in [2.05, 4.69) is 27.1 Å². The Kier molecular flexibility index (Phi) is 6.23. The molecule has 0 amide bonds. The monoisotopic (exact) mass is 520 g/mol. The number of halogens is 2. The van der Waals surface area contributed by atoms with Crippen LogP contribution < -0.4 is 4.74 Å². The van der Waals surface area contributed by atoms with Crippen molar-refractivity contribution in [3.05, 3.63) is 71.7 Å². The van der Waals surface area contributed by atoms with Gasteiger partial charge >= 0.3 is 0 Å². The minimum absolute atomic E-state index is 0.0894. The van der Waals surface area contributed by atoms with Crippen LogP contribution in [0.15, 0.2) is 48.9 Å². The van der Waals surface area contributed by atoms with Crippen molar-refractivity contribution in [1.29, 1.82) is 0 Å². The van der Waals surface area contributed by atoms with Crippen molar-refractivity contribution < 1.29 is 18.6 Å². The third-order valence-electron chi connectivity index (χ3n) is 7.22. The molecule has 2 aliphatic heterocycles. The van der Waals surface area contributed by atoms with Gasteiger partial charge in [-0.25, -0.2) is 13.5 Å². The maximum atomic E-state index is 14.5. The summed E-state index contributed by atoms with van der Waals surface area (Å²) in [6.45, 7) is 6.77. The predicted molar refractivity (Wildman–Crippen MR) is 138 cm³/mol. The number of aromatic nitrogens is 5. The molecule has 0 spiro atoms. The molecule has 0 unspecified atom stereocenters. The fraction of sp³-hybridized carbons (Fsp3) is 0.393. The molecule has 0 atom stereocenters. The number of nitrogens with zero attached hydrogens (tertiary/aromatic N) is 6. The number of ether oxygens (including phenoxy) is 1. The minimum Gasteiger partial charge on any atom is -0.493 e. The molecule has 8 nitrogen and oxygen atoms in total. The van der Waals surface area contributed by atoms with Gasteiger partial charge in [0.2, 0.25) is 0 Å². The molecule has 0 bridgehead atoms. The lowest BCUT2D eigenvalue weighted by Gasteiger charge is -2.35. The lowest BCUT2D eigenvalue weighted by Crippen LogP contribution is -2.42. The maximum absolute atomic E-state index is 14.5. The molecule has 1 fully saturated rings. The fourth-order valence-electron chi connectivity index (χ4n) is 5.49. The van der Waals surface area contributed by atoms with E-state index in [4.69, 9.17) is 9.84 Å². The van der Waals surface area contributed by atoms with Crippen molar-refractivity contribution in [3.63, 3.8) is 0 Å². The van der Waals surface area contributed by atoms with Crippen molar-refractivity contribution in [1.82, 2.24) is 29.4 Å². The summed E-state index contributed by atoms with van der Waals surface area (Å²) in [5, 5.41) is 19.2. The van der Waals surface area contributed by atoms with E-state index in [0.29, 0.717) is 31.4 Å². The van der Waals surface area contributed by atoms with Gasteiger partial charge in [-0.2, -0.15) is 19.9 Å². The van der Waals surface area contributed by atoms with Crippen LogP contribution in [-0.2, 0) is 6.42 Å². The minimum atomic E-state index is -0.734. The topological polar surface area (TPSA) is 81.2 Å². The number of rotatable bonds is 5. The third-order valence-corrected chi connectivity index (χ3v) is 7.22. The molecule has 10 heteroatoms. The van der Waals surface area contributed by atoms with Crippen molar-refractivity contribution >= 4 is 0 Å². The second kappa shape index (κ2) is 9.59. The van der Waals surface area contributed by atoms with Gasteiger partial charge in [0.05, 0.1) is 17.9 Å². The number of hydrogen-bond acceptors (Lipinski definition) is 6. The molecule has 2 aliphatic rings. The average molecular weight is 521 g/mol. The summed E-state index contributed by atoms with van der Waals surface area (Å²) in [4.78, 5) is 6.63. The zero-order valence-electron chi connectivity index (χ0n) is 21.4. The highest BCUT2D eigenvalue weighted by Gasteiger charge is 2.27. The van der Waals surface area contributed by atoms with Crippen LogP contribution in [0.3, 0.4) is 0 Å². The van der Waals surface area contributed by atoms with E-state index < -0.39 is 17.2 Å². The highest BCUT2D eigenvalue weighted by atomic mass is 19.1. The van der Waals surface area contributed by atoms with Gasteiger partial charge in [-0.05, 0) is 75.5 Å². The fourth-order valence-corrected chi connectivity index (χ4v) is 5.49. The number of likely N-dealkylation sites (tertiary alicyclic amines) is 1. The summed E-state index contributed by atoms with van der Waals surface area (Å²) in [6, 6.07) is 9.69. The summed E-state index contributed by atoms with van der Waals surface area (Å²) < 4.78 is 37.0. The quantitative estimate of drug-likeness (QED) is 0.423. The van der Waals surface area contributed by atoms with Crippen LogP contribution in [0.2, 0.25) is 0 Å². The van der Waals surface area contributed by atoms with Gasteiger partial charge in [-0.3, -0.25) is 0 Å². The van der Waals surface area contributed by atoms with E-state index in [1.54, 1.807) is 4.68 Å². The first-order valence-electron chi connectivity index (χ1n) is 12.9. The molecule has 198 valence electrons. The molecule has 6 rings (SSSR count). The summed E-state index contributed by atoms with van der Waals surface area (Å²) >= 11 is 0. The molecule has 1 N–H and O–H groups in total. The number of piperidine rings is 1. The molecular weight excluding hydrogens is 490 g/mol. The SMILES string of the molecule is CC(C)(O)CN1CCC(c2ccc3c(c2)-c2nn(-c4ncnn4-c4ccc(F)cc4F)cc2CCO3)CC1. The van der Waals surface area contributed by atoms with Gasteiger partial charge < -0.3 is 14.7 Å². The molecule has 1 saturated heterocycles. The van der Waals surface area contributed by atoms with E-state index >= 15 is 0 Å². The second-order valence-electron chi connectivity index (χ2n) is 10.7. The molecule has 2 aromatic heterocycles. The predicted octanol–water partition coefficient (Wildman–Crippen LogP) is 4.28. The molecule has 0 aliphatic carbocycles. The van der Waals surface area contributed by atoms with Crippen LogP contribution in [0, 0.1) is 11.6 Å². The van der Waals surface area contributed by atoms with Crippen molar-refractivity contribution in [2.75, 3.05) is 26.2 Å². The van der Waals surface area contributed by atoms with E-state index in [0.717, 1.165) is 54.6 Å². The van der Waals surface area contributed by atoms with Crippen LogP contribution >= 0.6 is 0 Å². The first-order valence-corrected chi connectivity index (χ1v) is 12.9. The Labute approximate surface area is 219 Å². The van der Waals surface area contributed by atoms with E-state index in [1.807, 2.05) is 26.1 Å². The Morgan fingerprint density at radius 3 is 2.68 bits per heavy atom. The number of aliphatic hydroxyl groups is 1. The van der Waals surface area contributed by atoms with Crippen LogP contribution in [0.1, 0.15) is 43.7 Å². The summed E-state index contributed by atoms with van der Waals surface area (Å²) in [5.74, 6) is 0.109. The van der Waals surface area contributed by atoms with Crippen molar-refractivity contribution in [2.45, 2.75) is 44.6 Å². The standard InChI is InChI=1S/C28H30F2N6O2/c1-28(2,37)16-34-10-7-18(8-11-34)19-3-6-25-22(13-19)26-20(9-12-38-25)15-35(33-26)27-31-17-32-36(27)24-5-4-21(29)14-23(24)30/h3-6,13-15,17-18,37H,7-12,16H2,1-2H3. The molecule has 38 heavy (non-hydrogen) atoms. The zero-order valence-corrected chi connectivity index (χ0v) is 21.4. The smallest absolute Gasteiger partial charge is 0.253 e. The Morgan fingerprint density at radius 1 is 1.11 bits per heavy atom. The Hall–Kier alpha value is -3.63. The van der Waals surface area contributed by atoms with Gasteiger partial charge in [0.25, 0.3) is 5.95 Å². The summed E-state index contributed by atoms with van der Waals surface area (Å²) in [7, 11) is 0. The summed E-state index contributed by atoms with van der Waals surface area (Å²) in [6.07, 6.45) is 5.89. The first-order chi connectivity index (χ1) is 18.2. The maximum Gasteiger partial charge on any atom is 0.253 e. The van der Waals surface area contributed by atoms with Crippen LogP contribution in [-0.4, -0.2) is 66.4 Å². The molecule has 2 aromatic carbocycles. The number of hydrogen-bond donors (Lipinski definition) is 1. The van der Waals surface area contributed by atoms with Gasteiger partial charge in [-0.15, -0.1) is 0 Å². The van der Waals surface area contributed by atoms with Gasteiger partial charge in [0, 0.05) is 36.4 Å². The average Bonchev–Trinajstić information content (AvgIpc) is 3.48. The lowest BCUT2D eigenvalue weighted by atomic mass is 9.87. The van der Waals surface area contributed by atoms with Gasteiger partial charge in [-0.1, -0.05) is 6.07 Å². The molecular formula is C28H30F2N6O2. The molecule has 0 saturated carbocycles. The highest BCUT2D eigenvalue weighted by Crippen LogP contribution is 2.39. The normalized spacial score (nSPS) is 16.6. The Morgan fingerprint density at radius 2 is 1.92 bits per heavy atom. The lowest BCUT2D eigenvalue weighted by molar-refractivity contribution is 0.0282. The number of benzene rings is 2. The molecule has 4 heterocycles. The van der Waals surface area contributed by atoms with E-state index in [-0.39, 0.29) is 5.69 Å². The van der Waals surface area contributed by atoms with E-state index in [9.17, 15) is 13.9 Å². The van der Waals surface area contributed by atoms with Gasteiger partial charge in [0.1, 0.15) is 23.6 Å². The highest BCUT2D eigenvalue weighted by molar-refractivity contribution is 5.72. The third kappa shape index (κ3) is 4.81. The van der Waals surface area contributed by atoms with Crippen LogP contribution in [0.5, 0.6) is 5.75 Å². The number of fused-ring (bicyclic) bond motifs is 3. The summed E-state index contributed by atoms with van der Waals surface area (Å²) in [5.41, 5.74) is 3.35. The van der Waals surface area contributed by atoms with Crippen molar-refractivity contribution in [3.8, 4) is 28.6 Å². The second-order valence-corrected chi connectivity index (χ2v) is 10.7. The van der Waals surface area contributed by atoms with E-state index in [1.165, 1.54) is 28.7 Å². The molecule has 4 aromatic rings. The van der Waals surface area contributed by atoms with Crippen LogP contribution in [0.25, 0.3) is 22.9 Å². The Balaban J connectivity index is 1.31.